The van der Waals surface area contributed by atoms with Gasteiger partial charge < -0.3 is 20.2 Å². The van der Waals surface area contributed by atoms with Gasteiger partial charge in [-0.2, -0.15) is 0 Å². The molecule has 0 aliphatic rings. The summed E-state index contributed by atoms with van der Waals surface area (Å²) in [6.07, 6.45) is -0.874. The van der Waals surface area contributed by atoms with Gasteiger partial charge in [-0.1, -0.05) is 0 Å². The predicted octanol–water partition coefficient (Wildman–Crippen LogP) is 1.70. The summed E-state index contributed by atoms with van der Waals surface area (Å²) in [6.45, 7) is 3.77. The molecule has 0 fully saturated rings. The number of carbonyl (C=O) groups excluding carboxylic acids is 2. The van der Waals surface area contributed by atoms with E-state index in [1.165, 1.54) is 6.92 Å². The van der Waals surface area contributed by atoms with E-state index >= 15 is 0 Å². The zero-order chi connectivity index (χ0) is 14.7. The molecule has 2 rings (SSSR count). The van der Waals surface area contributed by atoms with Crippen molar-refractivity contribution in [1.82, 2.24) is 5.32 Å². The Kier molecular flexibility index (Phi) is 3.93. The van der Waals surface area contributed by atoms with E-state index < -0.39 is 12.1 Å². The zero-order valence-electron chi connectivity index (χ0n) is 11.3. The van der Waals surface area contributed by atoms with E-state index in [1.54, 1.807) is 31.2 Å². The zero-order valence-corrected chi connectivity index (χ0v) is 11.3. The van der Waals surface area contributed by atoms with Crippen LogP contribution in [0.3, 0.4) is 0 Å². The Labute approximate surface area is 115 Å². The molecule has 1 unspecified atom stereocenters. The van der Waals surface area contributed by atoms with Crippen LogP contribution in [0.1, 0.15) is 24.4 Å². The van der Waals surface area contributed by atoms with Gasteiger partial charge in [0.25, 0.3) is 5.91 Å². The molecule has 0 spiro atoms. The number of nitrogens with two attached hydrogens (primary N) is 1. The number of rotatable bonds is 4. The molecule has 106 valence electrons. The number of hydrogen-bond donors (Lipinski definition) is 2. The first-order valence-electron chi connectivity index (χ1n) is 6.29. The molecule has 20 heavy (non-hydrogen) atoms. The summed E-state index contributed by atoms with van der Waals surface area (Å²) >= 11 is 0. The maximum Gasteiger partial charge on any atom is 0.375 e. The van der Waals surface area contributed by atoms with Crippen LogP contribution in [0.5, 0.6) is 0 Å². The van der Waals surface area contributed by atoms with Crippen molar-refractivity contribution in [2.75, 3.05) is 12.3 Å². The number of furan rings is 1. The minimum Gasteiger partial charge on any atom is -0.449 e. The molecule has 1 aromatic carbocycles. The quantitative estimate of drug-likeness (QED) is 0.654. The SMILES string of the molecule is CCNC(=O)C(C)OC(=O)c1cc2cc(N)ccc2o1. The number of ether oxygens (including phenoxy) is 1. The minimum absolute atomic E-state index is 0.0433. The summed E-state index contributed by atoms with van der Waals surface area (Å²) in [5.74, 6) is -0.985. The number of benzene rings is 1. The van der Waals surface area contributed by atoms with Gasteiger partial charge >= 0.3 is 5.97 Å². The van der Waals surface area contributed by atoms with E-state index in [-0.39, 0.29) is 11.7 Å². The highest BCUT2D eigenvalue weighted by molar-refractivity contribution is 5.94. The number of amides is 1. The number of fused-ring (bicyclic) bond motifs is 1. The third kappa shape index (κ3) is 2.90. The fraction of sp³-hybridized carbons (Fsp3) is 0.286. The molecule has 2 aromatic rings. The van der Waals surface area contributed by atoms with Crippen LogP contribution < -0.4 is 11.1 Å². The van der Waals surface area contributed by atoms with E-state index in [9.17, 15) is 9.59 Å². The normalized spacial score (nSPS) is 12.1. The van der Waals surface area contributed by atoms with Crippen molar-refractivity contribution in [1.29, 1.82) is 0 Å². The second-order valence-electron chi connectivity index (χ2n) is 4.35. The minimum atomic E-state index is -0.874. The lowest BCUT2D eigenvalue weighted by Crippen LogP contribution is -2.35. The molecule has 1 amide bonds. The van der Waals surface area contributed by atoms with Gasteiger partial charge in [0.1, 0.15) is 5.58 Å². The highest BCUT2D eigenvalue weighted by Crippen LogP contribution is 2.22. The molecule has 6 heteroatoms. The van der Waals surface area contributed by atoms with Crippen molar-refractivity contribution in [2.24, 2.45) is 0 Å². The van der Waals surface area contributed by atoms with Gasteiger partial charge in [-0.3, -0.25) is 4.79 Å². The molecular formula is C14H16N2O4. The molecular weight excluding hydrogens is 260 g/mol. The second-order valence-corrected chi connectivity index (χ2v) is 4.35. The first-order valence-corrected chi connectivity index (χ1v) is 6.29. The van der Waals surface area contributed by atoms with Crippen molar-refractivity contribution in [3.8, 4) is 0 Å². The number of likely N-dealkylation sites (N-methyl/N-ethyl adjacent to an activating group) is 1. The standard InChI is InChI=1S/C14H16N2O4/c1-3-16-13(17)8(2)19-14(18)12-7-9-6-10(15)4-5-11(9)20-12/h4-8H,3,15H2,1-2H3,(H,16,17). The van der Waals surface area contributed by atoms with Crippen LogP contribution in [0.15, 0.2) is 28.7 Å². The predicted molar refractivity (Wildman–Crippen MR) is 74.2 cm³/mol. The van der Waals surface area contributed by atoms with Gasteiger partial charge in [0.05, 0.1) is 0 Å². The van der Waals surface area contributed by atoms with Crippen LogP contribution in [0.25, 0.3) is 11.0 Å². The van der Waals surface area contributed by atoms with Gasteiger partial charge in [0.2, 0.25) is 5.76 Å². The first kappa shape index (κ1) is 13.9. The summed E-state index contributed by atoms with van der Waals surface area (Å²) in [7, 11) is 0. The van der Waals surface area contributed by atoms with E-state index in [0.717, 1.165) is 0 Å². The Morgan fingerprint density at radius 2 is 2.15 bits per heavy atom. The van der Waals surface area contributed by atoms with Crippen molar-refractivity contribution in [3.63, 3.8) is 0 Å². The Hall–Kier alpha value is -2.50. The number of carbonyl (C=O) groups is 2. The highest BCUT2D eigenvalue weighted by Gasteiger charge is 2.21. The largest absolute Gasteiger partial charge is 0.449 e. The van der Waals surface area contributed by atoms with Crippen molar-refractivity contribution in [2.45, 2.75) is 20.0 Å². The topological polar surface area (TPSA) is 94.6 Å². The Morgan fingerprint density at radius 1 is 1.40 bits per heavy atom. The number of anilines is 1. The average molecular weight is 276 g/mol. The molecule has 1 heterocycles. The third-order valence-corrected chi connectivity index (χ3v) is 2.75. The molecule has 1 aromatic heterocycles. The summed E-state index contributed by atoms with van der Waals surface area (Å²) < 4.78 is 10.4. The smallest absolute Gasteiger partial charge is 0.375 e. The Morgan fingerprint density at radius 3 is 2.85 bits per heavy atom. The van der Waals surface area contributed by atoms with Gasteiger partial charge in [-0.05, 0) is 38.1 Å². The molecule has 1 atom stereocenters. The van der Waals surface area contributed by atoms with Gasteiger partial charge in [-0.25, -0.2) is 4.79 Å². The molecule has 0 aliphatic heterocycles. The molecule has 0 bridgehead atoms. The van der Waals surface area contributed by atoms with E-state index in [2.05, 4.69) is 5.32 Å². The van der Waals surface area contributed by atoms with E-state index in [1.807, 2.05) is 0 Å². The van der Waals surface area contributed by atoms with Crippen molar-refractivity contribution in [3.05, 3.63) is 30.0 Å². The fourth-order valence-corrected chi connectivity index (χ4v) is 1.75. The van der Waals surface area contributed by atoms with Crippen LogP contribution in [0, 0.1) is 0 Å². The second kappa shape index (κ2) is 5.64. The molecule has 0 saturated heterocycles. The third-order valence-electron chi connectivity index (χ3n) is 2.75. The highest BCUT2D eigenvalue weighted by atomic mass is 16.6. The molecule has 0 aliphatic carbocycles. The van der Waals surface area contributed by atoms with Crippen LogP contribution in [-0.2, 0) is 9.53 Å². The lowest BCUT2D eigenvalue weighted by molar-refractivity contribution is -0.129. The Balaban J connectivity index is 2.13. The number of hydrogen-bond acceptors (Lipinski definition) is 5. The molecule has 0 radical (unpaired) electrons. The van der Waals surface area contributed by atoms with Gasteiger partial charge in [-0.15, -0.1) is 0 Å². The van der Waals surface area contributed by atoms with Crippen LogP contribution in [0.4, 0.5) is 5.69 Å². The van der Waals surface area contributed by atoms with Crippen LogP contribution >= 0.6 is 0 Å². The summed E-state index contributed by atoms with van der Waals surface area (Å²) in [6, 6.07) is 6.59. The fourth-order valence-electron chi connectivity index (χ4n) is 1.75. The summed E-state index contributed by atoms with van der Waals surface area (Å²) in [5.41, 5.74) is 6.77. The maximum absolute atomic E-state index is 11.9. The number of nitrogens with one attached hydrogen (secondary N) is 1. The Bertz CT molecular complexity index is 648. The van der Waals surface area contributed by atoms with Crippen LogP contribution in [0.2, 0.25) is 0 Å². The first-order chi connectivity index (χ1) is 9.51. The van der Waals surface area contributed by atoms with E-state index in [4.69, 9.17) is 14.9 Å². The monoisotopic (exact) mass is 276 g/mol. The average Bonchev–Trinajstić information content (AvgIpc) is 2.81. The lowest BCUT2D eigenvalue weighted by atomic mass is 10.2. The maximum atomic E-state index is 11.9. The lowest BCUT2D eigenvalue weighted by Gasteiger charge is -2.11. The number of nitrogen functional groups attached to an aromatic ring is 1. The van der Waals surface area contributed by atoms with Gasteiger partial charge in [0, 0.05) is 17.6 Å². The molecule has 0 saturated carbocycles. The van der Waals surface area contributed by atoms with Gasteiger partial charge in [0.15, 0.2) is 6.10 Å². The number of esters is 1. The van der Waals surface area contributed by atoms with E-state index in [0.29, 0.717) is 23.2 Å². The van der Waals surface area contributed by atoms with Crippen molar-refractivity contribution < 1.29 is 18.7 Å². The van der Waals surface area contributed by atoms with Crippen LogP contribution in [-0.4, -0.2) is 24.5 Å². The molecule has 3 N–H and O–H groups in total. The van der Waals surface area contributed by atoms with Crippen molar-refractivity contribution >= 4 is 28.5 Å². The summed E-state index contributed by atoms with van der Waals surface area (Å²) in [4.78, 5) is 23.4. The summed E-state index contributed by atoms with van der Waals surface area (Å²) in [5, 5.41) is 3.28. The molecule has 6 nitrogen and oxygen atoms in total.